The highest BCUT2D eigenvalue weighted by molar-refractivity contribution is 9.11. The van der Waals surface area contributed by atoms with Crippen LogP contribution in [-0.4, -0.2) is 53.6 Å². The highest BCUT2D eigenvalue weighted by Gasteiger charge is 2.53. The summed E-state index contributed by atoms with van der Waals surface area (Å²) < 4.78 is 33.8. The number of ketones is 1. The molecule has 1 saturated heterocycles. The second kappa shape index (κ2) is 17.5. The highest BCUT2D eigenvalue weighted by atomic mass is 79.9. The van der Waals surface area contributed by atoms with Gasteiger partial charge in [-0.2, -0.15) is 8.42 Å². The number of hydrogen-bond donors (Lipinski definition) is 3. The minimum atomic E-state index is -4.10. The number of aliphatic hydroxyl groups is 1. The number of phenolic OH excluding ortho intramolecular Hbond substituents is 2. The van der Waals surface area contributed by atoms with Crippen LogP contribution in [0.25, 0.3) is 0 Å². The van der Waals surface area contributed by atoms with Crippen molar-refractivity contribution in [1.82, 2.24) is 4.90 Å². The smallest absolute Gasteiger partial charge is 0.298 e. The Hall–Kier alpha value is -2.88. The van der Waals surface area contributed by atoms with Crippen molar-refractivity contribution in [3.63, 3.8) is 0 Å². The lowest BCUT2D eigenvalue weighted by Crippen LogP contribution is -2.45. The Bertz CT molecular complexity index is 2300. The molecule has 0 radical (unpaired) electrons. The lowest BCUT2D eigenvalue weighted by Gasteiger charge is -2.40. The molecule has 3 unspecified atom stereocenters. The zero-order valence-electron chi connectivity index (χ0n) is 30.8. The van der Waals surface area contributed by atoms with Gasteiger partial charge in [0, 0.05) is 29.6 Å². The van der Waals surface area contributed by atoms with Gasteiger partial charge < -0.3 is 15.3 Å². The third kappa shape index (κ3) is 8.34. The first-order valence-corrected chi connectivity index (χ1v) is 22.6. The summed E-state index contributed by atoms with van der Waals surface area (Å²) in [6.45, 7) is 3.54. The molecule has 5 aromatic rings. The molecule has 8 nitrogen and oxygen atoms in total. The van der Waals surface area contributed by atoms with Gasteiger partial charge in [-0.3, -0.25) is 9.69 Å². The molecule has 3 N–H and O–H groups in total. The molecule has 13 heteroatoms. The predicted octanol–water partition coefficient (Wildman–Crippen LogP) is 11.0. The lowest BCUT2D eigenvalue weighted by atomic mass is 9.77. The molecule has 1 fully saturated rings. The van der Waals surface area contributed by atoms with E-state index in [9.17, 15) is 28.5 Å². The number of carbonyl (C=O) groups is 1. The molecular formula is C43H41Br4NO7S. The summed E-state index contributed by atoms with van der Waals surface area (Å²) in [6.07, 6.45) is 4.07. The van der Waals surface area contributed by atoms with E-state index in [1.807, 2.05) is 60.7 Å². The number of fused-ring (bicyclic) bond motifs is 1. The van der Waals surface area contributed by atoms with Crippen molar-refractivity contribution in [2.45, 2.75) is 74.6 Å². The summed E-state index contributed by atoms with van der Waals surface area (Å²) in [5.41, 5.74) is 2.90. The molecule has 0 spiro atoms. The second-order valence-corrected chi connectivity index (χ2v) is 19.0. The molecular weight excluding hydrogens is 994 g/mol. The van der Waals surface area contributed by atoms with Crippen LogP contribution in [0.5, 0.6) is 11.5 Å². The normalized spacial score (nSPS) is 19.1. The summed E-state index contributed by atoms with van der Waals surface area (Å²) in [4.78, 5) is 14.9. The number of aromatic hydroxyl groups is 2. The van der Waals surface area contributed by atoms with E-state index in [0.29, 0.717) is 58.2 Å². The van der Waals surface area contributed by atoms with Crippen molar-refractivity contribution in [2.24, 2.45) is 0 Å². The number of aliphatic hydroxyl groups excluding tert-OH is 1. The van der Waals surface area contributed by atoms with E-state index in [2.05, 4.69) is 75.7 Å². The van der Waals surface area contributed by atoms with Gasteiger partial charge in [0.25, 0.3) is 10.1 Å². The Kier molecular flexibility index (Phi) is 13.4. The number of hydrogen-bond acceptors (Lipinski definition) is 8. The van der Waals surface area contributed by atoms with E-state index in [-0.39, 0.29) is 28.2 Å². The number of benzene rings is 5. The van der Waals surface area contributed by atoms with Crippen LogP contribution in [0.15, 0.2) is 120 Å². The summed E-state index contributed by atoms with van der Waals surface area (Å²) in [5, 5.41) is 31.3. The number of rotatable bonds is 8. The first-order valence-electron chi connectivity index (χ1n) is 18.0. The lowest BCUT2D eigenvalue weighted by molar-refractivity contribution is 0.0549. The van der Waals surface area contributed by atoms with Crippen molar-refractivity contribution >= 4 is 79.6 Å². The van der Waals surface area contributed by atoms with Crippen LogP contribution in [-0.2, 0) is 19.9 Å². The zero-order chi connectivity index (χ0) is 40.5. The summed E-state index contributed by atoms with van der Waals surface area (Å²) in [7, 11) is -2.00. The quantitative estimate of drug-likeness (QED) is 0.104. The van der Waals surface area contributed by atoms with Crippen LogP contribution in [0.1, 0.15) is 81.9 Å². The van der Waals surface area contributed by atoms with Crippen LogP contribution >= 0.6 is 63.7 Å². The van der Waals surface area contributed by atoms with E-state index in [1.165, 1.54) is 6.07 Å². The van der Waals surface area contributed by atoms with Crippen LogP contribution in [0.3, 0.4) is 0 Å². The van der Waals surface area contributed by atoms with Gasteiger partial charge in [-0.15, -0.1) is 0 Å². The van der Waals surface area contributed by atoms with E-state index in [0.717, 1.165) is 36.8 Å². The van der Waals surface area contributed by atoms with Crippen molar-refractivity contribution in [2.75, 3.05) is 7.05 Å². The summed E-state index contributed by atoms with van der Waals surface area (Å²) >= 11 is 13.5. The third-order valence-corrected chi connectivity index (χ3v) is 15.3. The Morgan fingerprint density at radius 1 is 0.786 bits per heavy atom. The molecule has 2 aliphatic rings. The maximum Gasteiger partial charge on any atom is 0.298 e. The fourth-order valence-electron chi connectivity index (χ4n) is 7.74. The number of carbonyl (C=O) groups excluding carboxylic acids is 1. The van der Waals surface area contributed by atoms with Crippen molar-refractivity contribution in [1.29, 1.82) is 0 Å². The van der Waals surface area contributed by atoms with Gasteiger partial charge in [0.1, 0.15) is 16.4 Å². The van der Waals surface area contributed by atoms with Gasteiger partial charge in [-0.25, -0.2) is 4.18 Å². The maximum atomic E-state index is 13.1. The minimum absolute atomic E-state index is 0.00433. The molecule has 0 bridgehead atoms. The van der Waals surface area contributed by atoms with E-state index < -0.39 is 21.8 Å². The monoisotopic (exact) mass is 1030 g/mol. The van der Waals surface area contributed by atoms with Gasteiger partial charge in [0.05, 0.1) is 24.0 Å². The maximum absolute atomic E-state index is 13.1. The average molecular weight is 1040 g/mol. The Morgan fingerprint density at radius 3 is 1.86 bits per heavy atom. The highest BCUT2D eigenvalue weighted by Crippen LogP contribution is 2.56. The number of piperidine rings is 1. The number of phenols is 2. The predicted molar refractivity (Wildman–Crippen MR) is 232 cm³/mol. The largest absolute Gasteiger partial charge is 0.506 e. The zero-order valence-corrected chi connectivity index (χ0v) is 38.0. The van der Waals surface area contributed by atoms with Crippen LogP contribution in [0, 0.1) is 13.8 Å². The Morgan fingerprint density at radius 2 is 1.29 bits per heavy atom. The number of Topliss-reactive ketones (excluding diaryl/α,β-unsaturated/α-hetero) is 1. The molecule has 3 atom stereocenters. The summed E-state index contributed by atoms with van der Waals surface area (Å²) in [6, 6.07) is 29.9. The molecule has 2 aliphatic heterocycles. The number of halogens is 4. The Labute approximate surface area is 361 Å². The molecule has 5 aromatic carbocycles. The van der Waals surface area contributed by atoms with E-state index in [4.69, 9.17) is 4.18 Å². The first-order chi connectivity index (χ1) is 26.6. The second-order valence-electron chi connectivity index (χ2n) is 14.2. The molecule has 2 heterocycles. The molecule has 294 valence electrons. The minimum Gasteiger partial charge on any atom is -0.506 e. The third-order valence-electron chi connectivity index (χ3n) is 10.8. The van der Waals surface area contributed by atoms with Gasteiger partial charge in [0.15, 0.2) is 11.4 Å². The summed E-state index contributed by atoms with van der Waals surface area (Å²) in [5.74, 6) is 0.201. The topological polar surface area (TPSA) is 124 Å². The van der Waals surface area contributed by atoms with Crippen molar-refractivity contribution < 1.29 is 32.7 Å². The molecule has 0 aromatic heterocycles. The molecule has 56 heavy (non-hydrogen) atoms. The van der Waals surface area contributed by atoms with Gasteiger partial charge in [-0.05, 0) is 150 Å². The molecule has 0 aliphatic carbocycles. The number of likely N-dealkylation sites (tertiary alicyclic amines) is 1. The van der Waals surface area contributed by atoms with E-state index >= 15 is 0 Å². The average Bonchev–Trinajstić information content (AvgIpc) is 3.45. The van der Waals surface area contributed by atoms with Crippen LogP contribution in [0.2, 0.25) is 0 Å². The van der Waals surface area contributed by atoms with Gasteiger partial charge in [0.2, 0.25) is 0 Å². The molecule has 0 saturated carbocycles. The standard InChI is InChI=1S/C22H27NO2.C21H14Br4O5S/c1-23-19(15-21(24)17-9-4-2-5-10-17)13-8-14-20(23)16-22(25)18-11-6-3-7-12-18;1-9-12(7-14(22)19(26)17(9)24)21(13-8-15(23)20(27)18(25)10(13)2)11-5-3-4-6-16(11)31(28,29)30-21/h2-7,9-12,19-21,24H,8,13-16H2,1H3;3-8,26-27H,1-2H3. The number of nitrogens with zero attached hydrogens (tertiary/aromatic N) is 1. The molecule has 7 rings (SSSR count). The van der Waals surface area contributed by atoms with Crippen molar-refractivity contribution in [3.05, 3.63) is 154 Å². The van der Waals surface area contributed by atoms with E-state index in [1.54, 1.807) is 44.2 Å². The van der Waals surface area contributed by atoms with Gasteiger partial charge in [-0.1, -0.05) is 85.3 Å². The Balaban J connectivity index is 0.000000194. The van der Waals surface area contributed by atoms with Crippen molar-refractivity contribution in [3.8, 4) is 11.5 Å². The fraction of sp³-hybridized carbons (Fsp3) is 0.279. The van der Waals surface area contributed by atoms with Crippen LogP contribution < -0.4 is 0 Å². The SMILES string of the molecule is CN1C(CC(=O)c2ccccc2)CCCC1CC(O)c1ccccc1.Cc1c(C2(c3cc(Br)c(O)c(Br)c3C)OS(=O)(=O)c3ccccc32)cc(Br)c(O)c1Br. The first kappa shape index (κ1) is 42.7. The molecule has 0 amide bonds. The fourth-order valence-corrected chi connectivity index (χ4v) is 11.4. The van der Waals surface area contributed by atoms with Crippen LogP contribution in [0.4, 0.5) is 0 Å². The van der Waals surface area contributed by atoms with Gasteiger partial charge >= 0.3 is 0 Å².